The lowest BCUT2D eigenvalue weighted by Gasteiger charge is -2.20. The van der Waals surface area contributed by atoms with Gasteiger partial charge in [0.1, 0.15) is 5.75 Å². The van der Waals surface area contributed by atoms with Crippen LogP contribution in [0.25, 0.3) is 0 Å². The Morgan fingerprint density at radius 3 is 2.42 bits per heavy atom. The summed E-state index contributed by atoms with van der Waals surface area (Å²) in [6.07, 6.45) is 0. The molecular formula is C15H15ClO2S. The average Bonchev–Trinajstić information content (AvgIpc) is 2.74. The number of carbonyl (C=O) groups is 1. The quantitative estimate of drug-likeness (QED) is 0.820. The highest BCUT2D eigenvalue weighted by Crippen LogP contribution is 2.32. The molecule has 0 radical (unpaired) electrons. The number of phenols is 1. The van der Waals surface area contributed by atoms with E-state index in [2.05, 4.69) is 0 Å². The molecule has 1 heterocycles. The van der Waals surface area contributed by atoms with E-state index < -0.39 is 0 Å². The van der Waals surface area contributed by atoms with Gasteiger partial charge in [0.25, 0.3) is 0 Å². The van der Waals surface area contributed by atoms with Crippen molar-refractivity contribution in [3.8, 4) is 5.75 Å². The number of aromatic hydroxyl groups is 1. The Kier molecular flexibility index (Phi) is 3.70. The highest BCUT2D eigenvalue weighted by Gasteiger charge is 2.21. The van der Waals surface area contributed by atoms with Gasteiger partial charge in [-0.15, -0.1) is 11.3 Å². The number of benzene rings is 1. The molecule has 2 nitrogen and oxygen atoms in total. The first-order valence-electron chi connectivity index (χ1n) is 5.92. The van der Waals surface area contributed by atoms with Crippen LogP contribution in [0.2, 0.25) is 4.34 Å². The molecule has 19 heavy (non-hydrogen) atoms. The summed E-state index contributed by atoms with van der Waals surface area (Å²) in [6, 6.07) is 8.40. The van der Waals surface area contributed by atoms with Crippen LogP contribution in [-0.4, -0.2) is 10.9 Å². The van der Waals surface area contributed by atoms with Gasteiger partial charge in [-0.2, -0.15) is 0 Å². The number of hydrogen-bond acceptors (Lipinski definition) is 3. The second-order valence-electron chi connectivity index (χ2n) is 5.41. The third-order valence-electron chi connectivity index (χ3n) is 2.86. The van der Waals surface area contributed by atoms with E-state index in [0.717, 1.165) is 5.56 Å². The van der Waals surface area contributed by atoms with Gasteiger partial charge in [-0.25, -0.2) is 0 Å². The zero-order valence-electron chi connectivity index (χ0n) is 11.0. The van der Waals surface area contributed by atoms with E-state index in [1.165, 1.54) is 11.3 Å². The van der Waals surface area contributed by atoms with Gasteiger partial charge in [-0.3, -0.25) is 4.79 Å². The minimum absolute atomic E-state index is 0.0672. The number of thiophene rings is 1. The predicted molar refractivity (Wildman–Crippen MR) is 79.6 cm³/mol. The lowest BCUT2D eigenvalue weighted by Crippen LogP contribution is -2.12. The molecule has 0 spiro atoms. The fourth-order valence-electron chi connectivity index (χ4n) is 1.86. The fraction of sp³-hybridized carbons (Fsp3) is 0.267. The van der Waals surface area contributed by atoms with Crippen molar-refractivity contribution in [3.05, 3.63) is 50.7 Å². The van der Waals surface area contributed by atoms with E-state index in [4.69, 9.17) is 11.6 Å². The molecule has 1 aromatic carbocycles. The van der Waals surface area contributed by atoms with Crippen LogP contribution < -0.4 is 0 Å². The van der Waals surface area contributed by atoms with Gasteiger partial charge in [0, 0.05) is 5.56 Å². The summed E-state index contributed by atoms with van der Waals surface area (Å²) in [5, 5.41) is 9.90. The molecule has 0 saturated carbocycles. The second kappa shape index (κ2) is 4.99. The van der Waals surface area contributed by atoms with Crippen LogP contribution in [0.3, 0.4) is 0 Å². The van der Waals surface area contributed by atoms with Crippen molar-refractivity contribution in [1.82, 2.24) is 0 Å². The van der Waals surface area contributed by atoms with Crippen molar-refractivity contribution in [2.75, 3.05) is 0 Å². The second-order valence-corrected chi connectivity index (χ2v) is 7.13. The molecule has 0 bridgehead atoms. The minimum atomic E-state index is -0.215. The Hall–Kier alpha value is -1.32. The summed E-state index contributed by atoms with van der Waals surface area (Å²) >= 11 is 7.11. The summed E-state index contributed by atoms with van der Waals surface area (Å²) < 4.78 is 0.596. The van der Waals surface area contributed by atoms with Crippen LogP contribution in [0.15, 0.2) is 30.3 Å². The maximum atomic E-state index is 12.3. The molecule has 1 N–H and O–H groups in total. The predicted octanol–water partition coefficient (Wildman–Crippen LogP) is 4.64. The van der Waals surface area contributed by atoms with Gasteiger partial charge in [-0.1, -0.05) is 32.4 Å². The van der Waals surface area contributed by atoms with Gasteiger partial charge in [0.05, 0.1) is 9.21 Å². The summed E-state index contributed by atoms with van der Waals surface area (Å²) in [4.78, 5) is 12.9. The van der Waals surface area contributed by atoms with Crippen LogP contribution in [0, 0.1) is 0 Å². The Balaban J connectivity index is 2.44. The third kappa shape index (κ3) is 2.99. The van der Waals surface area contributed by atoms with Crippen LogP contribution in [0.4, 0.5) is 0 Å². The maximum absolute atomic E-state index is 12.3. The Morgan fingerprint density at radius 2 is 1.89 bits per heavy atom. The number of halogens is 1. The summed E-state index contributed by atoms with van der Waals surface area (Å²) in [5.41, 5.74) is 1.12. The minimum Gasteiger partial charge on any atom is -0.508 e. The molecule has 4 heteroatoms. The van der Waals surface area contributed by atoms with E-state index in [1.807, 2.05) is 20.8 Å². The van der Waals surface area contributed by atoms with Gasteiger partial charge in [0.2, 0.25) is 5.78 Å². The topological polar surface area (TPSA) is 37.3 Å². The van der Waals surface area contributed by atoms with E-state index in [-0.39, 0.29) is 16.9 Å². The summed E-state index contributed by atoms with van der Waals surface area (Å²) in [5.74, 6) is 0.149. The lowest BCUT2D eigenvalue weighted by molar-refractivity contribution is 0.104. The van der Waals surface area contributed by atoms with Crippen molar-refractivity contribution in [2.24, 2.45) is 0 Å². The van der Waals surface area contributed by atoms with Crippen LogP contribution in [0.5, 0.6) is 5.75 Å². The number of phenolic OH excluding ortho intramolecular Hbond substituents is 1. The monoisotopic (exact) mass is 294 g/mol. The van der Waals surface area contributed by atoms with E-state index >= 15 is 0 Å². The maximum Gasteiger partial charge on any atom is 0.203 e. The first kappa shape index (κ1) is 14.1. The molecule has 0 unspecified atom stereocenters. The number of ketones is 1. The van der Waals surface area contributed by atoms with Crippen LogP contribution in [-0.2, 0) is 5.41 Å². The summed E-state index contributed by atoms with van der Waals surface area (Å²) in [7, 11) is 0. The van der Waals surface area contributed by atoms with Crippen molar-refractivity contribution in [1.29, 1.82) is 0 Å². The average molecular weight is 295 g/mol. The molecule has 0 aliphatic rings. The largest absolute Gasteiger partial charge is 0.508 e. The van der Waals surface area contributed by atoms with Crippen molar-refractivity contribution >= 4 is 28.7 Å². The standard InChI is InChI=1S/C15H15ClO2S/c1-15(2,3)10-8-9(4-5-11(10)17)14(18)12-6-7-13(16)19-12/h4-8,17H,1-3H3. The first-order valence-corrected chi connectivity index (χ1v) is 7.12. The van der Waals surface area contributed by atoms with Gasteiger partial charge in [-0.05, 0) is 41.3 Å². The Bertz CT molecular complexity index is 623. The van der Waals surface area contributed by atoms with Gasteiger partial charge in [0.15, 0.2) is 0 Å². The molecule has 0 saturated heterocycles. The molecule has 0 amide bonds. The SMILES string of the molecule is CC(C)(C)c1cc(C(=O)c2ccc(Cl)s2)ccc1O. The fourth-order valence-corrected chi connectivity index (χ4v) is 2.86. The van der Waals surface area contributed by atoms with E-state index in [0.29, 0.717) is 14.8 Å². The Morgan fingerprint density at radius 1 is 1.21 bits per heavy atom. The van der Waals surface area contributed by atoms with Crippen molar-refractivity contribution in [3.63, 3.8) is 0 Å². The number of hydrogen-bond donors (Lipinski definition) is 1. The molecule has 1 aromatic heterocycles. The number of rotatable bonds is 2. The summed E-state index contributed by atoms with van der Waals surface area (Å²) in [6.45, 7) is 5.99. The van der Waals surface area contributed by atoms with E-state index in [9.17, 15) is 9.90 Å². The van der Waals surface area contributed by atoms with Crippen LogP contribution >= 0.6 is 22.9 Å². The normalized spacial score (nSPS) is 11.6. The molecule has 100 valence electrons. The van der Waals surface area contributed by atoms with E-state index in [1.54, 1.807) is 30.3 Å². The molecule has 0 aliphatic heterocycles. The first-order chi connectivity index (χ1) is 8.79. The molecule has 0 fully saturated rings. The zero-order chi connectivity index (χ0) is 14.2. The smallest absolute Gasteiger partial charge is 0.203 e. The third-order valence-corrected chi connectivity index (χ3v) is 4.09. The van der Waals surface area contributed by atoms with Crippen LogP contribution in [0.1, 0.15) is 41.6 Å². The van der Waals surface area contributed by atoms with Gasteiger partial charge < -0.3 is 5.11 Å². The molecule has 2 aromatic rings. The Labute approximate surface area is 121 Å². The molecule has 2 rings (SSSR count). The molecular weight excluding hydrogens is 280 g/mol. The lowest BCUT2D eigenvalue weighted by atomic mass is 9.85. The van der Waals surface area contributed by atoms with Crippen molar-refractivity contribution in [2.45, 2.75) is 26.2 Å². The molecule has 0 aliphatic carbocycles. The zero-order valence-corrected chi connectivity index (χ0v) is 12.6. The highest BCUT2D eigenvalue weighted by atomic mass is 35.5. The van der Waals surface area contributed by atoms with Crippen molar-refractivity contribution < 1.29 is 9.90 Å². The molecule has 0 atom stereocenters. The van der Waals surface area contributed by atoms with Gasteiger partial charge >= 0.3 is 0 Å². The number of carbonyl (C=O) groups excluding carboxylic acids is 1. The highest BCUT2D eigenvalue weighted by molar-refractivity contribution is 7.18.